The Hall–Kier alpha value is -1.55. The predicted octanol–water partition coefficient (Wildman–Crippen LogP) is 2.63. The monoisotopic (exact) mass is 277 g/mol. The van der Waals surface area contributed by atoms with Gasteiger partial charge in [-0.25, -0.2) is 0 Å². The summed E-state index contributed by atoms with van der Waals surface area (Å²) in [6, 6.07) is 7.28. The molecule has 1 aromatic rings. The molecule has 4 nitrogen and oxygen atoms in total. The first-order valence-corrected chi connectivity index (χ1v) is 7.04. The van der Waals surface area contributed by atoms with Crippen LogP contribution in [0.2, 0.25) is 0 Å². The zero-order chi connectivity index (χ0) is 14.8. The highest BCUT2D eigenvalue weighted by Crippen LogP contribution is 2.27. The molecule has 0 saturated carbocycles. The molecule has 20 heavy (non-hydrogen) atoms. The zero-order valence-electron chi connectivity index (χ0n) is 12.6. The van der Waals surface area contributed by atoms with Crippen molar-refractivity contribution in [1.29, 1.82) is 0 Å². The van der Waals surface area contributed by atoms with Crippen LogP contribution in [-0.4, -0.2) is 31.3 Å². The van der Waals surface area contributed by atoms with Crippen molar-refractivity contribution >= 4 is 5.91 Å². The molecule has 1 fully saturated rings. The Bertz CT molecular complexity index is 465. The number of amides is 1. The van der Waals surface area contributed by atoms with Gasteiger partial charge in [-0.2, -0.15) is 0 Å². The van der Waals surface area contributed by atoms with E-state index in [4.69, 9.17) is 9.47 Å². The molecular formula is C16H23NO3. The molecule has 0 radical (unpaired) electrons. The Labute approximate surface area is 120 Å². The highest BCUT2D eigenvalue weighted by atomic mass is 16.5. The number of hydrogen-bond acceptors (Lipinski definition) is 3. The van der Waals surface area contributed by atoms with Crippen molar-refractivity contribution in [2.45, 2.75) is 39.8 Å². The summed E-state index contributed by atoms with van der Waals surface area (Å²) in [7, 11) is 0. The van der Waals surface area contributed by atoms with Gasteiger partial charge in [0.1, 0.15) is 5.75 Å². The van der Waals surface area contributed by atoms with Gasteiger partial charge < -0.3 is 14.8 Å². The molecule has 1 aliphatic heterocycles. The zero-order valence-corrected chi connectivity index (χ0v) is 12.6. The van der Waals surface area contributed by atoms with E-state index in [1.54, 1.807) is 12.1 Å². The van der Waals surface area contributed by atoms with Crippen molar-refractivity contribution in [2.75, 3.05) is 13.2 Å². The second kappa shape index (κ2) is 5.83. The highest BCUT2D eigenvalue weighted by Gasteiger charge is 2.36. The Balaban J connectivity index is 1.99. The molecule has 0 aliphatic carbocycles. The third-order valence-electron chi connectivity index (χ3n) is 3.50. The largest absolute Gasteiger partial charge is 0.491 e. The molecule has 1 aliphatic rings. The maximum atomic E-state index is 12.2. The van der Waals surface area contributed by atoms with E-state index >= 15 is 0 Å². The third-order valence-corrected chi connectivity index (χ3v) is 3.50. The van der Waals surface area contributed by atoms with Crippen molar-refractivity contribution in [3.05, 3.63) is 29.8 Å². The van der Waals surface area contributed by atoms with Crippen LogP contribution in [0.3, 0.4) is 0 Å². The number of carbonyl (C=O) groups is 1. The summed E-state index contributed by atoms with van der Waals surface area (Å²) in [6.45, 7) is 9.41. The third kappa shape index (κ3) is 3.51. The van der Waals surface area contributed by atoms with Gasteiger partial charge in [0.15, 0.2) is 0 Å². The van der Waals surface area contributed by atoms with Gasteiger partial charge in [0, 0.05) is 11.0 Å². The number of ether oxygens (including phenoxy) is 2. The van der Waals surface area contributed by atoms with Crippen molar-refractivity contribution in [1.82, 2.24) is 5.32 Å². The molecule has 0 spiro atoms. The summed E-state index contributed by atoms with van der Waals surface area (Å²) in [4.78, 5) is 12.2. The van der Waals surface area contributed by atoms with Crippen LogP contribution in [0.1, 0.15) is 38.1 Å². The van der Waals surface area contributed by atoms with Crippen molar-refractivity contribution < 1.29 is 14.3 Å². The molecule has 1 heterocycles. The van der Waals surface area contributed by atoms with Gasteiger partial charge >= 0.3 is 0 Å². The summed E-state index contributed by atoms with van der Waals surface area (Å²) >= 11 is 0. The lowest BCUT2D eigenvalue weighted by Crippen LogP contribution is -2.44. The van der Waals surface area contributed by atoms with E-state index in [1.165, 1.54) is 0 Å². The Kier molecular flexibility index (Phi) is 4.33. The Morgan fingerprint density at radius 3 is 2.50 bits per heavy atom. The summed E-state index contributed by atoms with van der Waals surface area (Å²) in [5, 5.41) is 3.04. The first-order valence-electron chi connectivity index (χ1n) is 7.04. The van der Waals surface area contributed by atoms with E-state index in [-0.39, 0.29) is 23.5 Å². The van der Waals surface area contributed by atoms with Gasteiger partial charge in [0.25, 0.3) is 5.91 Å². The standard InChI is InChI=1S/C16H23NO3/c1-11(2)20-13-7-5-12(6-8-13)15(18)17-14-9-19-10-16(14,3)4/h5-8,11,14H,9-10H2,1-4H3,(H,17,18). The maximum absolute atomic E-state index is 12.2. The summed E-state index contributed by atoms with van der Waals surface area (Å²) in [5.41, 5.74) is 0.625. The van der Waals surface area contributed by atoms with Crippen molar-refractivity contribution in [3.63, 3.8) is 0 Å². The second-order valence-electron chi connectivity index (χ2n) is 6.22. The number of rotatable bonds is 4. The van der Waals surface area contributed by atoms with E-state index in [0.29, 0.717) is 18.8 Å². The SMILES string of the molecule is CC(C)Oc1ccc(C(=O)NC2COCC2(C)C)cc1. The molecule has 1 aromatic carbocycles. The van der Waals surface area contributed by atoms with E-state index in [1.807, 2.05) is 26.0 Å². The summed E-state index contributed by atoms with van der Waals surface area (Å²) in [6.07, 6.45) is 0.131. The highest BCUT2D eigenvalue weighted by molar-refractivity contribution is 5.94. The summed E-state index contributed by atoms with van der Waals surface area (Å²) < 4.78 is 11.0. The van der Waals surface area contributed by atoms with Crippen LogP contribution < -0.4 is 10.1 Å². The molecule has 1 N–H and O–H groups in total. The van der Waals surface area contributed by atoms with Crippen LogP contribution in [0.25, 0.3) is 0 Å². The fourth-order valence-corrected chi connectivity index (χ4v) is 2.20. The molecule has 1 amide bonds. The normalized spacial score (nSPS) is 20.9. The molecule has 2 rings (SSSR count). The Morgan fingerprint density at radius 1 is 1.35 bits per heavy atom. The number of hydrogen-bond donors (Lipinski definition) is 1. The topological polar surface area (TPSA) is 47.6 Å². The fraction of sp³-hybridized carbons (Fsp3) is 0.562. The van der Waals surface area contributed by atoms with Crippen LogP contribution >= 0.6 is 0 Å². The maximum Gasteiger partial charge on any atom is 0.251 e. The smallest absolute Gasteiger partial charge is 0.251 e. The molecular weight excluding hydrogens is 254 g/mol. The molecule has 1 unspecified atom stereocenters. The predicted molar refractivity (Wildman–Crippen MR) is 78.1 cm³/mol. The van der Waals surface area contributed by atoms with E-state index in [0.717, 1.165) is 5.75 Å². The van der Waals surface area contributed by atoms with Crippen LogP contribution in [0, 0.1) is 5.41 Å². The number of benzene rings is 1. The van der Waals surface area contributed by atoms with Crippen LogP contribution in [0.5, 0.6) is 5.75 Å². The van der Waals surface area contributed by atoms with Crippen LogP contribution in [-0.2, 0) is 4.74 Å². The minimum Gasteiger partial charge on any atom is -0.491 e. The Morgan fingerprint density at radius 2 is 2.00 bits per heavy atom. The lowest BCUT2D eigenvalue weighted by molar-refractivity contribution is 0.0915. The molecule has 0 bridgehead atoms. The number of carbonyl (C=O) groups excluding carboxylic acids is 1. The van der Waals surface area contributed by atoms with Gasteiger partial charge in [-0.15, -0.1) is 0 Å². The molecule has 110 valence electrons. The lowest BCUT2D eigenvalue weighted by atomic mass is 9.88. The molecule has 0 aromatic heterocycles. The second-order valence-corrected chi connectivity index (χ2v) is 6.22. The molecule has 4 heteroatoms. The van der Waals surface area contributed by atoms with Crippen LogP contribution in [0.15, 0.2) is 24.3 Å². The van der Waals surface area contributed by atoms with Crippen molar-refractivity contribution in [2.24, 2.45) is 5.41 Å². The first kappa shape index (κ1) is 14.9. The number of nitrogens with one attached hydrogen (secondary N) is 1. The fourth-order valence-electron chi connectivity index (χ4n) is 2.20. The van der Waals surface area contributed by atoms with Gasteiger partial charge in [-0.3, -0.25) is 4.79 Å². The average molecular weight is 277 g/mol. The molecule has 1 saturated heterocycles. The van der Waals surface area contributed by atoms with Crippen molar-refractivity contribution in [3.8, 4) is 5.75 Å². The summed E-state index contributed by atoms with van der Waals surface area (Å²) in [5.74, 6) is 0.714. The van der Waals surface area contributed by atoms with E-state index in [2.05, 4.69) is 19.2 Å². The van der Waals surface area contributed by atoms with Crippen LogP contribution in [0.4, 0.5) is 0 Å². The quantitative estimate of drug-likeness (QED) is 0.920. The average Bonchev–Trinajstić information content (AvgIpc) is 2.69. The van der Waals surface area contributed by atoms with Gasteiger partial charge in [-0.1, -0.05) is 13.8 Å². The lowest BCUT2D eigenvalue weighted by Gasteiger charge is -2.25. The first-order chi connectivity index (χ1) is 9.38. The molecule has 1 atom stereocenters. The van der Waals surface area contributed by atoms with Gasteiger partial charge in [-0.05, 0) is 38.1 Å². The minimum absolute atomic E-state index is 0.0175. The van der Waals surface area contributed by atoms with Gasteiger partial charge in [0.2, 0.25) is 0 Å². The van der Waals surface area contributed by atoms with Gasteiger partial charge in [0.05, 0.1) is 25.4 Å². The minimum atomic E-state index is -0.0651. The van der Waals surface area contributed by atoms with E-state index < -0.39 is 0 Å². The van der Waals surface area contributed by atoms with E-state index in [9.17, 15) is 4.79 Å².